The van der Waals surface area contributed by atoms with Gasteiger partial charge >= 0.3 is 0 Å². The highest BCUT2D eigenvalue weighted by atomic mass is 15.2. The summed E-state index contributed by atoms with van der Waals surface area (Å²) in [6.07, 6.45) is 1.13. The highest BCUT2D eigenvalue weighted by molar-refractivity contribution is 5.25. The maximum atomic E-state index is 6.01. The topological polar surface area (TPSA) is 29.3 Å². The third kappa shape index (κ3) is 3.82. The molecule has 0 fully saturated rings. The quantitative estimate of drug-likeness (QED) is 0.837. The zero-order valence-electron chi connectivity index (χ0n) is 12.5. The van der Waals surface area contributed by atoms with Gasteiger partial charge in [0.2, 0.25) is 0 Å². The van der Waals surface area contributed by atoms with Crippen molar-refractivity contribution in [1.29, 1.82) is 0 Å². The normalized spacial score (nSPS) is 15.1. The molecule has 0 radical (unpaired) electrons. The first-order valence-corrected chi connectivity index (χ1v) is 6.85. The minimum Gasteiger partial charge on any atom is -0.329 e. The van der Waals surface area contributed by atoms with Crippen LogP contribution in [-0.4, -0.2) is 24.0 Å². The van der Waals surface area contributed by atoms with Crippen molar-refractivity contribution in [1.82, 2.24) is 4.90 Å². The van der Waals surface area contributed by atoms with Crippen LogP contribution in [0.4, 0.5) is 0 Å². The largest absolute Gasteiger partial charge is 0.329 e. The SMILES string of the molecule is Cc1ccccc1CN(C)C(C)(CN)CC(C)C. The van der Waals surface area contributed by atoms with Gasteiger partial charge in [-0.25, -0.2) is 0 Å². The van der Waals surface area contributed by atoms with Crippen molar-refractivity contribution in [2.75, 3.05) is 13.6 Å². The van der Waals surface area contributed by atoms with E-state index in [0.29, 0.717) is 12.5 Å². The molecule has 1 rings (SSSR count). The smallest absolute Gasteiger partial charge is 0.0306 e. The van der Waals surface area contributed by atoms with Gasteiger partial charge in [-0.05, 0) is 44.4 Å². The second kappa shape index (κ2) is 6.35. The van der Waals surface area contributed by atoms with Gasteiger partial charge in [0.25, 0.3) is 0 Å². The zero-order chi connectivity index (χ0) is 13.8. The number of aryl methyl sites for hydroxylation is 1. The fourth-order valence-corrected chi connectivity index (χ4v) is 2.51. The summed E-state index contributed by atoms with van der Waals surface area (Å²) in [6, 6.07) is 8.58. The van der Waals surface area contributed by atoms with E-state index in [0.717, 1.165) is 13.0 Å². The van der Waals surface area contributed by atoms with Gasteiger partial charge < -0.3 is 5.73 Å². The fraction of sp³-hybridized carbons (Fsp3) is 0.625. The van der Waals surface area contributed by atoms with Gasteiger partial charge in [-0.2, -0.15) is 0 Å². The Labute approximate surface area is 112 Å². The molecule has 0 amide bonds. The average molecular weight is 248 g/mol. The molecule has 2 N–H and O–H groups in total. The first-order chi connectivity index (χ1) is 8.39. The molecule has 102 valence electrons. The predicted molar refractivity (Wildman–Crippen MR) is 79.6 cm³/mol. The van der Waals surface area contributed by atoms with E-state index in [1.165, 1.54) is 11.1 Å². The van der Waals surface area contributed by atoms with E-state index in [-0.39, 0.29) is 5.54 Å². The van der Waals surface area contributed by atoms with Gasteiger partial charge in [0.05, 0.1) is 0 Å². The van der Waals surface area contributed by atoms with Gasteiger partial charge in [0.15, 0.2) is 0 Å². The van der Waals surface area contributed by atoms with Crippen molar-refractivity contribution in [2.45, 2.75) is 46.2 Å². The van der Waals surface area contributed by atoms with Crippen molar-refractivity contribution in [3.8, 4) is 0 Å². The van der Waals surface area contributed by atoms with Crippen LogP contribution >= 0.6 is 0 Å². The van der Waals surface area contributed by atoms with E-state index in [2.05, 4.69) is 63.9 Å². The zero-order valence-corrected chi connectivity index (χ0v) is 12.5. The van der Waals surface area contributed by atoms with Gasteiger partial charge in [0, 0.05) is 18.6 Å². The third-order valence-electron chi connectivity index (χ3n) is 3.88. The monoisotopic (exact) mass is 248 g/mol. The molecule has 0 spiro atoms. The number of benzene rings is 1. The van der Waals surface area contributed by atoms with Gasteiger partial charge in [0.1, 0.15) is 0 Å². The minimum atomic E-state index is 0.0798. The second-order valence-corrected chi connectivity index (χ2v) is 6.08. The molecule has 2 nitrogen and oxygen atoms in total. The molecule has 18 heavy (non-hydrogen) atoms. The number of likely N-dealkylation sites (N-methyl/N-ethyl adjacent to an activating group) is 1. The molecular formula is C16H28N2. The molecule has 1 aromatic carbocycles. The first kappa shape index (κ1) is 15.2. The summed E-state index contributed by atoms with van der Waals surface area (Å²) in [5, 5.41) is 0. The van der Waals surface area contributed by atoms with Crippen LogP contribution in [0.1, 0.15) is 38.3 Å². The number of nitrogens with zero attached hydrogens (tertiary/aromatic N) is 1. The lowest BCUT2D eigenvalue weighted by Gasteiger charge is -2.39. The lowest BCUT2D eigenvalue weighted by Crippen LogP contribution is -2.50. The third-order valence-corrected chi connectivity index (χ3v) is 3.88. The molecule has 1 atom stereocenters. The number of rotatable bonds is 6. The van der Waals surface area contributed by atoms with E-state index in [4.69, 9.17) is 5.73 Å². The Kier molecular flexibility index (Phi) is 5.36. The number of hydrogen-bond acceptors (Lipinski definition) is 2. The van der Waals surface area contributed by atoms with E-state index >= 15 is 0 Å². The highest BCUT2D eigenvalue weighted by Gasteiger charge is 2.28. The Morgan fingerprint density at radius 1 is 1.28 bits per heavy atom. The number of hydrogen-bond donors (Lipinski definition) is 1. The lowest BCUT2D eigenvalue weighted by atomic mass is 9.89. The van der Waals surface area contributed by atoms with Crippen molar-refractivity contribution in [3.05, 3.63) is 35.4 Å². The Hall–Kier alpha value is -0.860. The minimum absolute atomic E-state index is 0.0798. The second-order valence-electron chi connectivity index (χ2n) is 6.08. The molecule has 0 aliphatic rings. The maximum Gasteiger partial charge on any atom is 0.0306 e. The molecule has 2 heteroatoms. The Balaban J connectivity index is 2.80. The fourth-order valence-electron chi connectivity index (χ4n) is 2.51. The molecule has 0 aliphatic carbocycles. The predicted octanol–water partition coefficient (Wildman–Crippen LogP) is 3.19. The van der Waals surface area contributed by atoms with Crippen LogP contribution in [0.3, 0.4) is 0 Å². The van der Waals surface area contributed by atoms with E-state index in [1.807, 2.05) is 0 Å². The molecule has 0 aliphatic heterocycles. The average Bonchev–Trinajstić information content (AvgIpc) is 2.31. The summed E-state index contributed by atoms with van der Waals surface area (Å²) in [7, 11) is 2.18. The van der Waals surface area contributed by atoms with E-state index in [9.17, 15) is 0 Å². The van der Waals surface area contributed by atoms with Crippen LogP contribution in [0.2, 0.25) is 0 Å². The van der Waals surface area contributed by atoms with Crippen molar-refractivity contribution < 1.29 is 0 Å². The molecular weight excluding hydrogens is 220 g/mol. The highest BCUT2D eigenvalue weighted by Crippen LogP contribution is 2.24. The maximum absolute atomic E-state index is 6.01. The Bertz CT molecular complexity index is 373. The summed E-state index contributed by atoms with van der Waals surface area (Å²) in [4.78, 5) is 2.40. The Morgan fingerprint density at radius 2 is 1.89 bits per heavy atom. The summed E-state index contributed by atoms with van der Waals surface area (Å²) >= 11 is 0. The van der Waals surface area contributed by atoms with Gasteiger partial charge in [-0.3, -0.25) is 4.90 Å². The van der Waals surface area contributed by atoms with Crippen LogP contribution in [0.25, 0.3) is 0 Å². The summed E-state index contributed by atoms with van der Waals surface area (Å²) in [5.74, 6) is 0.665. The molecule has 0 saturated heterocycles. The van der Waals surface area contributed by atoms with Crippen molar-refractivity contribution in [3.63, 3.8) is 0 Å². The van der Waals surface area contributed by atoms with Crippen LogP contribution in [0.15, 0.2) is 24.3 Å². The molecule has 0 saturated carbocycles. The van der Waals surface area contributed by atoms with E-state index < -0.39 is 0 Å². The van der Waals surface area contributed by atoms with Crippen LogP contribution < -0.4 is 5.73 Å². The van der Waals surface area contributed by atoms with Gasteiger partial charge in [-0.1, -0.05) is 38.1 Å². The summed E-state index contributed by atoms with van der Waals surface area (Å²) < 4.78 is 0. The van der Waals surface area contributed by atoms with Crippen molar-refractivity contribution in [2.24, 2.45) is 11.7 Å². The molecule has 0 bridgehead atoms. The number of nitrogens with two attached hydrogens (primary N) is 1. The first-order valence-electron chi connectivity index (χ1n) is 6.85. The standard InChI is InChI=1S/C16H28N2/c1-13(2)10-16(4,12-17)18(5)11-15-9-7-6-8-14(15)3/h6-9,13H,10-12,17H2,1-5H3. The van der Waals surface area contributed by atoms with Crippen LogP contribution in [0.5, 0.6) is 0 Å². The van der Waals surface area contributed by atoms with Crippen molar-refractivity contribution >= 4 is 0 Å². The van der Waals surface area contributed by atoms with E-state index in [1.54, 1.807) is 0 Å². The molecule has 1 aromatic rings. The lowest BCUT2D eigenvalue weighted by molar-refractivity contribution is 0.111. The summed E-state index contributed by atoms with van der Waals surface area (Å²) in [5.41, 5.74) is 8.83. The molecule has 0 heterocycles. The van der Waals surface area contributed by atoms with Crippen LogP contribution in [0, 0.1) is 12.8 Å². The Morgan fingerprint density at radius 3 is 2.39 bits per heavy atom. The molecule has 1 unspecified atom stereocenters. The van der Waals surface area contributed by atoms with Gasteiger partial charge in [-0.15, -0.1) is 0 Å². The summed E-state index contributed by atoms with van der Waals surface area (Å²) in [6.45, 7) is 10.6. The van der Waals surface area contributed by atoms with Crippen LogP contribution in [-0.2, 0) is 6.54 Å². The molecule has 0 aromatic heterocycles.